The average Bonchev–Trinajstić information content (AvgIpc) is 3.43. The molecule has 0 unspecified atom stereocenters. The normalized spacial score (nSPS) is 14.9. The molecular formula is C30H30FN7O2. The molecule has 5 aromatic rings. The predicted octanol–water partition coefficient (Wildman–Crippen LogP) is 3.93. The number of tetrazole rings is 1. The molecule has 1 N–H and O–H groups in total. The molecule has 0 saturated carbocycles. The van der Waals surface area contributed by atoms with Crippen LogP contribution in [0.25, 0.3) is 10.9 Å². The van der Waals surface area contributed by atoms with E-state index in [4.69, 9.17) is 4.74 Å². The summed E-state index contributed by atoms with van der Waals surface area (Å²) < 4.78 is 20.5. The lowest BCUT2D eigenvalue weighted by atomic mass is 10.0. The third-order valence-corrected chi connectivity index (χ3v) is 7.58. The standard InChI is InChI=1S/C30H30FN7O2/c1-20-4-3-5-22-18-26(30(39)32-27(20)22)28(29-33-34-35-38(29)19-21-6-8-23(31)9-7-21)37-16-14-36(15-17-37)24-10-12-25(40-2)13-11-24/h3-13,18,28H,14-17,19H2,1-2H3,(H,32,39)/t28-/m1/s1. The lowest BCUT2D eigenvalue weighted by Gasteiger charge is -2.39. The lowest BCUT2D eigenvalue weighted by Crippen LogP contribution is -2.49. The Hall–Kier alpha value is -4.57. The first-order valence-corrected chi connectivity index (χ1v) is 13.3. The first-order chi connectivity index (χ1) is 19.5. The van der Waals surface area contributed by atoms with Crippen molar-refractivity contribution in [2.24, 2.45) is 0 Å². The summed E-state index contributed by atoms with van der Waals surface area (Å²) in [5.74, 6) is 1.09. The van der Waals surface area contributed by atoms with Gasteiger partial charge in [0.2, 0.25) is 0 Å². The molecule has 0 bridgehead atoms. The summed E-state index contributed by atoms with van der Waals surface area (Å²) >= 11 is 0. The van der Waals surface area contributed by atoms with Crippen molar-refractivity contribution in [1.82, 2.24) is 30.1 Å². The Morgan fingerprint density at radius 2 is 1.75 bits per heavy atom. The van der Waals surface area contributed by atoms with E-state index in [0.29, 0.717) is 31.0 Å². The van der Waals surface area contributed by atoms with Gasteiger partial charge in [-0.15, -0.1) is 5.10 Å². The van der Waals surface area contributed by atoms with Gasteiger partial charge in [-0.1, -0.05) is 30.3 Å². The highest BCUT2D eigenvalue weighted by Crippen LogP contribution is 2.30. The molecule has 0 radical (unpaired) electrons. The fourth-order valence-corrected chi connectivity index (χ4v) is 5.42. The summed E-state index contributed by atoms with van der Waals surface area (Å²) in [6.45, 7) is 5.28. The van der Waals surface area contributed by atoms with E-state index in [1.807, 2.05) is 43.3 Å². The van der Waals surface area contributed by atoms with Crippen LogP contribution in [0.4, 0.5) is 10.1 Å². The Bertz CT molecular complexity index is 1670. The van der Waals surface area contributed by atoms with Crippen molar-refractivity contribution in [3.63, 3.8) is 0 Å². The number of hydrogen-bond donors (Lipinski definition) is 1. The summed E-state index contributed by atoms with van der Waals surface area (Å²) in [6.07, 6.45) is 0. The minimum Gasteiger partial charge on any atom is -0.497 e. The van der Waals surface area contributed by atoms with Crippen molar-refractivity contribution in [2.75, 3.05) is 38.2 Å². The largest absolute Gasteiger partial charge is 0.497 e. The molecule has 2 aromatic heterocycles. The molecule has 0 spiro atoms. The molecule has 0 aliphatic carbocycles. The Kier molecular flexibility index (Phi) is 7.00. The van der Waals surface area contributed by atoms with E-state index in [1.54, 1.807) is 23.9 Å². The van der Waals surface area contributed by atoms with Gasteiger partial charge in [-0.05, 0) is 76.3 Å². The Morgan fingerprint density at radius 3 is 2.48 bits per heavy atom. The third-order valence-electron chi connectivity index (χ3n) is 7.58. The van der Waals surface area contributed by atoms with Crippen LogP contribution in [0.3, 0.4) is 0 Å². The number of anilines is 1. The van der Waals surface area contributed by atoms with E-state index in [-0.39, 0.29) is 11.4 Å². The second-order valence-electron chi connectivity index (χ2n) is 10.0. The van der Waals surface area contributed by atoms with Crippen molar-refractivity contribution in [1.29, 1.82) is 0 Å². The summed E-state index contributed by atoms with van der Waals surface area (Å²) in [4.78, 5) is 21.3. The number of H-pyrrole nitrogens is 1. The van der Waals surface area contributed by atoms with Gasteiger partial charge in [0.25, 0.3) is 5.56 Å². The van der Waals surface area contributed by atoms with Crippen LogP contribution in [-0.4, -0.2) is 63.4 Å². The second kappa shape index (κ2) is 10.9. The molecule has 3 heterocycles. The highest BCUT2D eigenvalue weighted by molar-refractivity contribution is 5.82. The van der Waals surface area contributed by atoms with Crippen LogP contribution >= 0.6 is 0 Å². The van der Waals surface area contributed by atoms with Gasteiger partial charge in [0, 0.05) is 37.4 Å². The highest BCUT2D eigenvalue weighted by Gasteiger charge is 2.33. The van der Waals surface area contributed by atoms with E-state index in [9.17, 15) is 9.18 Å². The molecule has 1 aliphatic heterocycles. The summed E-state index contributed by atoms with van der Waals surface area (Å²) in [6, 6.07) is 21.8. The molecule has 1 saturated heterocycles. The number of aromatic amines is 1. The van der Waals surface area contributed by atoms with E-state index in [0.717, 1.165) is 46.6 Å². The number of nitrogens with zero attached hydrogens (tertiary/aromatic N) is 6. The van der Waals surface area contributed by atoms with Crippen LogP contribution in [0.5, 0.6) is 5.75 Å². The number of para-hydroxylation sites is 1. The first kappa shape index (κ1) is 25.7. The molecule has 0 amide bonds. The molecule has 1 atom stereocenters. The SMILES string of the molecule is COc1ccc(N2CCN([C@H](c3cc4cccc(C)c4[nH]c3=O)c3nnnn3Cc3ccc(F)cc3)CC2)cc1. The molecule has 1 fully saturated rings. The molecule has 1 aliphatic rings. The molecule has 3 aromatic carbocycles. The number of nitrogens with one attached hydrogen (secondary N) is 1. The fourth-order valence-electron chi connectivity index (χ4n) is 5.42. The third kappa shape index (κ3) is 5.05. The van der Waals surface area contributed by atoms with E-state index in [1.165, 1.54) is 12.1 Å². The number of fused-ring (bicyclic) bond motifs is 1. The molecule has 6 rings (SSSR count). The maximum Gasteiger partial charge on any atom is 0.253 e. The van der Waals surface area contributed by atoms with E-state index < -0.39 is 6.04 Å². The zero-order chi connectivity index (χ0) is 27.6. The zero-order valence-corrected chi connectivity index (χ0v) is 22.4. The number of aromatic nitrogens is 5. The van der Waals surface area contributed by atoms with Crippen LogP contribution < -0.4 is 15.2 Å². The van der Waals surface area contributed by atoms with Gasteiger partial charge < -0.3 is 14.6 Å². The van der Waals surface area contributed by atoms with Crippen molar-refractivity contribution in [3.05, 3.63) is 111 Å². The van der Waals surface area contributed by atoms with Gasteiger partial charge in [0.05, 0.1) is 19.2 Å². The van der Waals surface area contributed by atoms with Gasteiger partial charge in [-0.2, -0.15) is 0 Å². The van der Waals surface area contributed by atoms with Gasteiger partial charge in [0.1, 0.15) is 17.6 Å². The maximum absolute atomic E-state index is 13.6. The quantitative estimate of drug-likeness (QED) is 0.335. The van der Waals surface area contributed by atoms with Crippen molar-refractivity contribution in [3.8, 4) is 5.75 Å². The van der Waals surface area contributed by atoms with Crippen LogP contribution in [0.1, 0.15) is 28.6 Å². The molecular weight excluding hydrogens is 509 g/mol. The lowest BCUT2D eigenvalue weighted by molar-refractivity contribution is 0.200. The maximum atomic E-state index is 13.6. The predicted molar refractivity (Wildman–Crippen MR) is 151 cm³/mol. The van der Waals surface area contributed by atoms with Gasteiger partial charge in [0.15, 0.2) is 5.82 Å². The smallest absolute Gasteiger partial charge is 0.253 e. The number of benzene rings is 3. The summed E-state index contributed by atoms with van der Waals surface area (Å²) in [5, 5.41) is 13.6. The van der Waals surface area contributed by atoms with Crippen molar-refractivity contribution in [2.45, 2.75) is 19.5 Å². The molecule has 204 valence electrons. The topological polar surface area (TPSA) is 92.2 Å². The molecule has 40 heavy (non-hydrogen) atoms. The van der Waals surface area contributed by atoms with Crippen molar-refractivity contribution < 1.29 is 9.13 Å². The fraction of sp³-hybridized carbons (Fsp3) is 0.267. The summed E-state index contributed by atoms with van der Waals surface area (Å²) in [5.41, 5.74) is 4.24. The Labute approximate surface area is 230 Å². The Morgan fingerprint density at radius 1 is 1.00 bits per heavy atom. The van der Waals surface area contributed by atoms with E-state index in [2.05, 4.69) is 42.4 Å². The van der Waals surface area contributed by atoms with Gasteiger partial charge in [-0.25, -0.2) is 9.07 Å². The average molecular weight is 540 g/mol. The number of methoxy groups -OCH3 is 1. The van der Waals surface area contributed by atoms with Crippen LogP contribution in [0, 0.1) is 12.7 Å². The number of rotatable bonds is 7. The second-order valence-corrected chi connectivity index (χ2v) is 10.0. The number of piperazine rings is 1. The van der Waals surface area contributed by atoms with E-state index >= 15 is 0 Å². The number of halogens is 1. The molecule has 10 heteroatoms. The van der Waals surface area contributed by atoms with Gasteiger partial charge >= 0.3 is 0 Å². The first-order valence-electron chi connectivity index (χ1n) is 13.3. The summed E-state index contributed by atoms with van der Waals surface area (Å²) in [7, 11) is 1.66. The number of aryl methyl sites for hydroxylation is 1. The van der Waals surface area contributed by atoms with Crippen LogP contribution in [0.15, 0.2) is 77.6 Å². The zero-order valence-electron chi connectivity index (χ0n) is 22.4. The van der Waals surface area contributed by atoms with Crippen LogP contribution in [0.2, 0.25) is 0 Å². The van der Waals surface area contributed by atoms with Crippen molar-refractivity contribution >= 4 is 16.6 Å². The van der Waals surface area contributed by atoms with Crippen LogP contribution in [-0.2, 0) is 6.54 Å². The number of ether oxygens (including phenoxy) is 1. The van der Waals surface area contributed by atoms with Gasteiger partial charge in [-0.3, -0.25) is 9.69 Å². The number of hydrogen-bond acceptors (Lipinski definition) is 7. The minimum absolute atomic E-state index is 0.166. The number of pyridine rings is 1. The monoisotopic (exact) mass is 539 g/mol. The highest BCUT2D eigenvalue weighted by atomic mass is 19.1. The minimum atomic E-state index is -0.470. The Balaban J connectivity index is 1.36. The molecule has 9 nitrogen and oxygen atoms in total.